The molecule has 3 atom stereocenters. The van der Waals surface area contributed by atoms with Crippen molar-refractivity contribution in [2.24, 2.45) is 17.8 Å². The molecular weight excluding hydrogens is 267 g/mol. The molecule has 3 unspecified atom stereocenters. The largest absolute Gasteiger partial charge is 0.294 e. The molecule has 2 saturated carbocycles. The Morgan fingerprint density at radius 2 is 2.06 bits per heavy atom. The number of benzene rings is 1. The van der Waals surface area contributed by atoms with Crippen molar-refractivity contribution < 1.29 is 4.79 Å². The maximum atomic E-state index is 12.3. The van der Waals surface area contributed by atoms with Crippen molar-refractivity contribution in [2.75, 3.05) is 0 Å². The first-order valence-electron chi connectivity index (χ1n) is 6.61. The molecule has 0 heterocycles. The van der Waals surface area contributed by atoms with E-state index in [0.29, 0.717) is 27.9 Å². The van der Waals surface area contributed by atoms with Crippen molar-refractivity contribution in [3.63, 3.8) is 0 Å². The molecule has 18 heavy (non-hydrogen) atoms. The number of rotatable bonds is 3. The van der Waals surface area contributed by atoms with Gasteiger partial charge in [-0.05, 0) is 55.2 Å². The molecule has 2 fully saturated rings. The summed E-state index contributed by atoms with van der Waals surface area (Å²) < 4.78 is 0. The van der Waals surface area contributed by atoms with Crippen LogP contribution in [0, 0.1) is 17.8 Å². The normalized spacial score (nSPS) is 29.8. The first-order valence-corrected chi connectivity index (χ1v) is 7.37. The molecule has 2 aliphatic carbocycles. The topological polar surface area (TPSA) is 17.1 Å². The fourth-order valence-corrected chi connectivity index (χ4v) is 4.08. The first-order chi connectivity index (χ1) is 8.63. The third-order valence-corrected chi connectivity index (χ3v) is 5.13. The molecule has 0 radical (unpaired) electrons. The number of carbonyl (C=O) groups excluding carboxylic acids is 1. The summed E-state index contributed by atoms with van der Waals surface area (Å²) in [7, 11) is 0. The Balaban J connectivity index is 1.73. The van der Waals surface area contributed by atoms with Crippen LogP contribution in [-0.2, 0) is 0 Å². The van der Waals surface area contributed by atoms with Gasteiger partial charge in [-0.25, -0.2) is 0 Å². The highest BCUT2D eigenvalue weighted by atomic mass is 35.5. The van der Waals surface area contributed by atoms with E-state index in [1.54, 1.807) is 18.2 Å². The third-order valence-electron chi connectivity index (χ3n) is 4.56. The van der Waals surface area contributed by atoms with Gasteiger partial charge in [0.2, 0.25) is 0 Å². The lowest BCUT2D eigenvalue weighted by atomic mass is 9.84. The number of halogens is 2. The van der Waals surface area contributed by atoms with Crippen LogP contribution in [0.2, 0.25) is 10.0 Å². The Morgan fingerprint density at radius 3 is 2.72 bits per heavy atom. The fraction of sp³-hybridized carbons (Fsp3) is 0.533. The van der Waals surface area contributed by atoms with E-state index in [1.807, 2.05) is 0 Å². The molecule has 1 aromatic carbocycles. The van der Waals surface area contributed by atoms with E-state index in [2.05, 4.69) is 0 Å². The number of hydrogen-bond donors (Lipinski definition) is 0. The second kappa shape index (κ2) is 4.86. The van der Waals surface area contributed by atoms with Gasteiger partial charge in [0.1, 0.15) is 0 Å². The molecule has 2 aliphatic rings. The summed E-state index contributed by atoms with van der Waals surface area (Å²) in [5.74, 6) is 2.38. The van der Waals surface area contributed by atoms with Gasteiger partial charge in [0, 0.05) is 17.0 Å². The molecule has 0 aromatic heterocycles. The van der Waals surface area contributed by atoms with Crippen molar-refractivity contribution in [2.45, 2.75) is 32.1 Å². The van der Waals surface area contributed by atoms with Gasteiger partial charge in [-0.3, -0.25) is 4.79 Å². The van der Waals surface area contributed by atoms with Crippen LogP contribution in [0.4, 0.5) is 0 Å². The van der Waals surface area contributed by atoms with Crippen molar-refractivity contribution >= 4 is 29.0 Å². The summed E-state index contributed by atoms with van der Waals surface area (Å²) in [6.45, 7) is 0. The summed E-state index contributed by atoms with van der Waals surface area (Å²) in [6, 6.07) is 5.12. The molecule has 0 aliphatic heterocycles. The Bertz CT molecular complexity index is 483. The first kappa shape index (κ1) is 12.5. The maximum absolute atomic E-state index is 12.3. The average Bonchev–Trinajstić information content (AvgIpc) is 2.94. The van der Waals surface area contributed by atoms with Crippen LogP contribution >= 0.6 is 23.2 Å². The van der Waals surface area contributed by atoms with Crippen molar-refractivity contribution in [3.05, 3.63) is 33.8 Å². The standard InChI is InChI=1S/C15H16Cl2O/c16-12-3-4-14(17)13(8-12)15(18)7-11-6-9-1-2-10(11)5-9/h3-4,8-11H,1-2,5-7H2. The molecule has 0 spiro atoms. The molecule has 0 N–H and O–H groups in total. The molecular formula is C15H16Cl2O. The minimum Gasteiger partial charge on any atom is -0.294 e. The van der Waals surface area contributed by atoms with E-state index in [4.69, 9.17) is 23.2 Å². The number of hydrogen-bond acceptors (Lipinski definition) is 1. The van der Waals surface area contributed by atoms with E-state index in [0.717, 1.165) is 11.8 Å². The second-order valence-electron chi connectivity index (χ2n) is 5.69. The Kier molecular flexibility index (Phi) is 3.38. The van der Waals surface area contributed by atoms with Gasteiger partial charge in [0.15, 0.2) is 5.78 Å². The van der Waals surface area contributed by atoms with Gasteiger partial charge in [-0.2, -0.15) is 0 Å². The molecule has 1 nitrogen and oxygen atoms in total. The van der Waals surface area contributed by atoms with E-state index in [9.17, 15) is 4.79 Å². The molecule has 96 valence electrons. The van der Waals surface area contributed by atoms with Gasteiger partial charge in [-0.1, -0.05) is 29.6 Å². The average molecular weight is 283 g/mol. The van der Waals surface area contributed by atoms with Crippen molar-refractivity contribution in [3.8, 4) is 0 Å². The van der Waals surface area contributed by atoms with Gasteiger partial charge < -0.3 is 0 Å². The zero-order valence-corrected chi connectivity index (χ0v) is 11.7. The Hall–Kier alpha value is -0.530. The molecule has 2 bridgehead atoms. The van der Waals surface area contributed by atoms with E-state index in [1.165, 1.54) is 25.7 Å². The van der Waals surface area contributed by atoms with Crippen LogP contribution < -0.4 is 0 Å². The van der Waals surface area contributed by atoms with Crippen LogP contribution in [0.5, 0.6) is 0 Å². The molecule has 0 saturated heterocycles. The molecule has 1 aromatic rings. The Labute approximate surface area is 117 Å². The van der Waals surface area contributed by atoms with Gasteiger partial charge in [0.25, 0.3) is 0 Å². The van der Waals surface area contributed by atoms with Crippen molar-refractivity contribution in [1.82, 2.24) is 0 Å². The van der Waals surface area contributed by atoms with Crippen molar-refractivity contribution in [1.29, 1.82) is 0 Å². The predicted octanol–water partition coefficient (Wildman–Crippen LogP) is 5.00. The lowest BCUT2D eigenvalue weighted by Crippen LogP contribution is -2.15. The third kappa shape index (κ3) is 2.31. The van der Waals surface area contributed by atoms with E-state index in [-0.39, 0.29) is 5.78 Å². The minimum absolute atomic E-state index is 0.153. The lowest BCUT2D eigenvalue weighted by molar-refractivity contribution is 0.0944. The highest BCUT2D eigenvalue weighted by molar-refractivity contribution is 6.35. The SMILES string of the molecule is O=C(CC1CC2CCC1C2)c1cc(Cl)ccc1Cl. The van der Waals surface area contributed by atoms with Crippen LogP contribution in [0.25, 0.3) is 0 Å². The maximum Gasteiger partial charge on any atom is 0.164 e. The quantitative estimate of drug-likeness (QED) is 0.713. The number of carbonyl (C=O) groups is 1. The van der Waals surface area contributed by atoms with Crippen LogP contribution in [0.15, 0.2) is 18.2 Å². The number of Topliss-reactive ketones (excluding diaryl/α,β-unsaturated/α-hetero) is 1. The predicted molar refractivity (Wildman–Crippen MR) is 74.3 cm³/mol. The molecule has 3 heteroatoms. The Morgan fingerprint density at radius 1 is 1.22 bits per heavy atom. The minimum atomic E-state index is 0.153. The zero-order chi connectivity index (χ0) is 12.7. The summed E-state index contributed by atoms with van der Waals surface area (Å²) in [6.07, 6.45) is 5.89. The summed E-state index contributed by atoms with van der Waals surface area (Å²) in [5, 5.41) is 1.10. The highest BCUT2D eigenvalue weighted by Crippen LogP contribution is 2.49. The highest BCUT2D eigenvalue weighted by Gasteiger charge is 2.40. The summed E-state index contributed by atoms with van der Waals surface area (Å²) in [5.41, 5.74) is 0.590. The summed E-state index contributed by atoms with van der Waals surface area (Å²) in [4.78, 5) is 12.3. The zero-order valence-electron chi connectivity index (χ0n) is 10.2. The summed E-state index contributed by atoms with van der Waals surface area (Å²) >= 11 is 12.0. The number of fused-ring (bicyclic) bond motifs is 2. The van der Waals surface area contributed by atoms with Gasteiger partial charge in [-0.15, -0.1) is 0 Å². The van der Waals surface area contributed by atoms with Gasteiger partial charge >= 0.3 is 0 Å². The van der Waals surface area contributed by atoms with Crippen LogP contribution in [0.1, 0.15) is 42.5 Å². The fourth-order valence-electron chi connectivity index (χ4n) is 3.69. The second-order valence-corrected chi connectivity index (χ2v) is 6.53. The van der Waals surface area contributed by atoms with E-state index >= 15 is 0 Å². The smallest absolute Gasteiger partial charge is 0.164 e. The monoisotopic (exact) mass is 282 g/mol. The molecule has 3 rings (SSSR count). The van der Waals surface area contributed by atoms with Crippen LogP contribution in [0.3, 0.4) is 0 Å². The van der Waals surface area contributed by atoms with Crippen LogP contribution in [-0.4, -0.2) is 5.78 Å². The molecule has 0 amide bonds. The lowest BCUT2D eigenvalue weighted by Gasteiger charge is -2.20. The number of ketones is 1. The van der Waals surface area contributed by atoms with Gasteiger partial charge in [0.05, 0.1) is 5.02 Å². The van der Waals surface area contributed by atoms with E-state index < -0.39 is 0 Å².